The van der Waals surface area contributed by atoms with Gasteiger partial charge in [0.25, 0.3) is 0 Å². The highest BCUT2D eigenvalue weighted by atomic mass is 19.1. The average Bonchev–Trinajstić information content (AvgIpc) is 2.55. The number of hydrogen-bond donors (Lipinski definition) is 2. The molecule has 0 fully saturated rings. The van der Waals surface area contributed by atoms with Crippen molar-refractivity contribution in [1.82, 2.24) is 5.32 Å². The Morgan fingerprint density at radius 1 is 1.04 bits per heavy atom. The van der Waals surface area contributed by atoms with Gasteiger partial charge in [-0.1, -0.05) is 30.3 Å². The summed E-state index contributed by atoms with van der Waals surface area (Å²) in [6, 6.07) is 13.9. The van der Waals surface area contributed by atoms with Gasteiger partial charge in [-0.05, 0) is 50.6 Å². The van der Waals surface area contributed by atoms with Crippen molar-refractivity contribution in [2.45, 2.75) is 38.8 Å². The summed E-state index contributed by atoms with van der Waals surface area (Å²) in [5.74, 6) is -0.804. The molecule has 138 valence electrons. The van der Waals surface area contributed by atoms with E-state index in [-0.39, 0.29) is 0 Å². The minimum Gasteiger partial charge on any atom is -0.444 e. The first-order chi connectivity index (χ1) is 12.2. The Morgan fingerprint density at radius 2 is 1.65 bits per heavy atom. The fourth-order valence-corrected chi connectivity index (χ4v) is 2.27. The second-order valence-electron chi connectivity index (χ2n) is 6.88. The number of amides is 2. The van der Waals surface area contributed by atoms with Crippen LogP contribution in [0.4, 0.5) is 14.9 Å². The Bertz CT molecular complexity index is 740. The number of benzene rings is 2. The van der Waals surface area contributed by atoms with Crippen molar-refractivity contribution in [2.24, 2.45) is 0 Å². The van der Waals surface area contributed by atoms with Gasteiger partial charge >= 0.3 is 6.09 Å². The third-order valence-electron chi connectivity index (χ3n) is 3.40. The van der Waals surface area contributed by atoms with Crippen LogP contribution in [0.2, 0.25) is 0 Å². The smallest absolute Gasteiger partial charge is 0.408 e. The zero-order valence-electron chi connectivity index (χ0n) is 15.1. The van der Waals surface area contributed by atoms with E-state index in [2.05, 4.69) is 10.6 Å². The van der Waals surface area contributed by atoms with E-state index in [0.29, 0.717) is 12.1 Å². The zero-order valence-corrected chi connectivity index (χ0v) is 15.1. The maximum Gasteiger partial charge on any atom is 0.408 e. The number of rotatable bonds is 5. The van der Waals surface area contributed by atoms with Crippen LogP contribution >= 0.6 is 0 Å². The van der Waals surface area contributed by atoms with Gasteiger partial charge in [0, 0.05) is 12.1 Å². The quantitative estimate of drug-likeness (QED) is 0.852. The molecular formula is C20H23FN2O3. The van der Waals surface area contributed by atoms with Crippen LogP contribution < -0.4 is 10.6 Å². The van der Waals surface area contributed by atoms with Crippen molar-refractivity contribution in [3.8, 4) is 0 Å². The van der Waals surface area contributed by atoms with E-state index in [9.17, 15) is 14.0 Å². The fraction of sp³-hybridized carbons (Fsp3) is 0.300. The molecule has 2 aromatic rings. The molecule has 26 heavy (non-hydrogen) atoms. The Morgan fingerprint density at radius 3 is 2.23 bits per heavy atom. The third-order valence-corrected chi connectivity index (χ3v) is 3.40. The average molecular weight is 358 g/mol. The van der Waals surface area contributed by atoms with Gasteiger partial charge in [0.1, 0.15) is 17.5 Å². The molecule has 0 aliphatic rings. The summed E-state index contributed by atoms with van der Waals surface area (Å²) < 4.78 is 18.3. The molecule has 0 spiro atoms. The van der Waals surface area contributed by atoms with Gasteiger partial charge in [0.05, 0.1) is 0 Å². The van der Waals surface area contributed by atoms with Gasteiger partial charge in [0.15, 0.2) is 0 Å². The molecule has 0 unspecified atom stereocenters. The van der Waals surface area contributed by atoms with Gasteiger partial charge in [0.2, 0.25) is 5.91 Å². The molecule has 0 bridgehead atoms. The minimum absolute atomic E-state index is 0.299. The molecule has 0 aliphatic carbocycles. The maximum atomic E-state index is 13.0. The lowest BCUT2D eigenvalue weighted by Gasteiger charge is -2.23. The molecule has 2 aromatic carbocycles. The fourth-order valence-electron chi connectivity index (χ4n) is 2.27. The molecular weight excluding hydrogens is 335 g/mol. The molecule has 0 saturated carbocycles. The summed E-state index contributed by atoms with van der Waals surface area (Å²) in [4.78, 5) is 24.7. The summed E-state index contributed by atoms with van der Waals surface area (Å²) in [5.41, 5.74) is 0.665. The number of alkyl carbamates (subject to hydrolysis) is 1. The van der Waals surface area contributed by atoms with Crippen molar-refractivity contribution < 1.29 is 18.7 Å². The van der Waals surface area contributed by atoms with Crippen LogP contribution in [0.1, 0.15) is 26.3 Å². The molecule has 0 saturated heterocycles. The maximum absolute atomic E-state index is 13.0. The first-order valence-electron chi connectivity index (χ1n) is 8.33. The Hall–Kier alpha value is -2.89. The van der Waals surface area contributed by atoms with E-state index in [4.69, 9.17) is 4.74 Å². The molecule has 2 N–H and O–H groups in total. The predicted molar refractivity (Wildman–Crippen MR) is 98.3 cm³/mol. The molecule has 0 aromatic heterocycles. The topological polar surface area (TPSA) is 67.4 Å². The summed E-state index contributed by atoms with van der Waals surface area (Å²) in [6.45, 7) is 5.24. The summed E-state index contributed by atoms with van der Waals surface area (Å²) in [7, 11) is 0. The van der Waals surface area contributed by atoms with Crippen molar-refractivity contribution in [2.75, 3.05) is 5.32 Å². The van der Waals surface area contributed by atoms with E-state index >= 15 is 0 Å². The molecule has 0 radical (unpaired) electrons. The van der Waals surface area contributed by atoms with Crippen LogP contribution in [-0.2, 0) is 16.0 Å². The molecule has 2 rings (SSSR count). The van der Waals surface area contributed by atoms with E-state index in [1.807, 2.05) is 30.3 Å². The number of ether oxygens (including phenoxy) is 1. The van der Waals surface area contributed by atoms with Crippen LogP contribution in [0.3, 0.4) is 0 Å². The minimum atomic E-state index is -0.836. The molecule has 1 atom stereocenters. The van der Waals surface area contributed by atoms with Crippen LogP contribution in [0, 0.1) is 5.82 Å². The number of hydrogen-bond acceptors (Lipinski definition) is 3. The molecule has 5 nitrogen and oxygen atoms in total. The van der Waals surface area contributed by atoms with Crippen LogP contribution in [0.15, 0.2) is 54.6 Å². The van der Waals surface area contributed by atoms with Crippen molar-refractivity contribution >= 4 is 17.7 Å². The second kappa shape index (κ2) is 8.47. The van der Waals surface area contributed by atoms with Gasteiger partial charge in [-0.2, -0.15) is 0 Å². The third kappa shape index (κ3) is 6.55. The summed E-state index contributed by atoms with van der Waals surface area (Å²) in [5, 5.41) is 5.29. The summed E-state index contributed by atoms with van der Waals surface area (Å²) in [6.07, 6.45) is -0.375. The van der Waals surface area contributed by atoms with Gasteiger partial charge in [-0.25, -0.2) is 9.18 Å². The van der Waals surface area contributed by atoms with Crippen LogP contribution in [0.5, 0.6) is 0 Å². The first kappa shape index (κ1) is 19.4. The standard InChI is InChI=1S/C20H23FN2O3/c1-20(2,3)26-19(25)23-17(13-14-7-5-4-6-8-14)18(24)22-16-11-9-15(21)10-12-16/h4-12,17H,13H2,1-3H3,(H,22,24)(H,23,25)/t17-/m0/s1. The Labute approximate surface area is 152 Å². The summed E-state index contributed by atoms with van der Waals surface area (Å²) >= 11 is 0. The van der Waals surface area contributed by atoms with E-state index < -0.39 is 29.5 Å². The predicted octanol–water partition coefficient (Wildman–Crippen LogP) is 3.90. The van der Waals surface area contributed by atoms with Crippen LogP contribution in [-0.4, -0.2) is 23.6 Å². The first-order valence-corrected chi connectivity index (χ1v) is 8.33. The van der Waals surface area contributed by atoms with Gasteiger partial charge in [-0.3, -0.25) is 4.79 Å². The molecule has 0 aliphatic heterocycles. The Kier molecular flexibility index (Phi) is 6.33. The number of carbonyl (C=O) groups is 2. The number of anilines is 1. The van der Waals surface area contributed by atoms with Gasteiger partial charge in [-0.15, -0.1) is 0 Å². The number of nitrogens with one attached hydrogen (secondary N) is 2. The van der Waals surface area contributed by atoms with E-state index in [1.165, 1.54) is 24.3 Å². The Balaban J connectivity index is 2.11. The normalized spacial score (nSPS) is 12.2. The lowest BCUT2D eigenvalue weighted by molar-refractivity contribution is -0.118. The highest BCUT2D eigenvalue weighted by molar-refractivity contribution is 5.96. The lowest BCUT2D eigenvalue weighted by Crippen LogP contribution is -2.47. The highest BCUT2D eigenvalue weighted by Crippen LogP contribution is 2.12. The zero-order chi connectivity index (χ0) is 19.2. The van der Waals surface area contributed by atoms with Gasteiger partial charge < -0.3 is 15.4 Å². The number of carbonyl (C=O) groups excluding carboxylic acids is 2. The monoisotopic (exact) mass is 358 g/mol. The largest absolute Gasteiger partial charge is 0.444 e. The molecule has 2 amide bonds. The molecule has 6 heteroatoms. The SMILES string of the molecule is CC(C)(C)OC(=O)N[C@@H](Cc1ccccc1)C(=O)Nc1ccc(F)cc1. The lowest BCUT2D eigenvalue weighted by atomic mass is 10.1. The van der Waals surface area contributed by atoms with Crippen molar-refractivity contribution in [3.63, 3.8) is 0 Å². The molecule has 0 heterocycles. The van der Waals surface area contributed by atoms with E-state index in [1.54, 1.807) is 20.8 Å². The van der Waals surface area contributed by atoms with Crippen LogP contribution in [0.25, 0.3) is 0 Å². The van der Waals surface area contributed by atoms with Crippen molar-refractivity contribution in [3.05, 3.63) is 66.0 Å². The van der Waals surface area contributed by atoms with E-state index in [0.717, 1.165) is 5.56 Å². The number of halogens is 1. The highest BCUT2D eigenvalue weighted by Gasteiger charge is 2.24. The second-order valence-corrected chi connectivity index (χ2v) is 6.88. The van der Waals surface area contributed by atoms with Crippen molar-refractivity contribution in [1.29, 1.82) is 0 Å².